The number of likely N-dealkylation sites (N-methyl/N-ethyl adjacent to an activating group) is 2. The molecule has 1 aromatic carbocycles. The summed E-state index contributed by atoms with van der Waals surface area (Å²) in [5.41, 5.74) is 2.56. The fraction of sp³-hybridized carbons (Fsp3) is 0.438. The molecular weight excluding hydrogens is 268 g/mol. The second-order valence-corrected chi connectivity index (χ2v) is 5.05. The van der Waals surface area contributed by atoms with E-state index in [0.29, 0.717) is 24.9 Å². The first-order valence-electron chi connectivity index (χ1n) is 6.94. The molecule has 5 nitrogen and oxygen atoms in total. The molecular formula is C16H22N2O3. The Balaban J connectivity index is 2.95. The summed E-state index contributed by atoms with van der Waals surface area (Å²) in [6.45, 7) is 2.42. The van der Waals surface area contributed by atoms with Crippen molar-refractivity contribution in [3.8, 4) is 0 Å². The molecule has 21 heavy (non-hydrogen) atoms. The monoisotopic (exact) mass is 290 g/mol. The Morgan fingerprint density at radius 2 is 2.10 bits per heavy atom. The van der Waals surface area contributed by atoms with E-state index in [1.54, 1.807) is 13.1 Å². The summed E-state index contributed by atoms with van der Waals surface area (Å²) in [5.74, 6) is -0.124. The van der Waals surface area contributed by atoms with Gasteiger partial charge in [0.1, 0.15) is 12.6 Å². The number of carbonyl (C=O) groups excluding carboxylic acids is 3. The minimum absolute atomic E-state index is 0.124. The molecule has 1 unspecified atom stereocenters. The van der Waals surface area contributed by atoms with Crippen molar-refractivity contribution >= 4 is 18.5 Å². The zero-order valence-corrected chi connectivity index (χ0v) is 12.8. The summed E-state index contributed by atoms with van der Waals surface area (Å²) in [4.78, 5) is 35.5. The van der Waals surface area contributed by atoms with Crippen LogP contribution in [0.5, 0.6) is 0 Å². The van der Waals surface area contributed by atoms with Crippen molar-refractivity contribution in [2.24, 2.45) is 0 Å². The van der Waals surface area contributed by atoms with Gasteiger partial charge in [0.25, 0.3) is 0 Å². The summed E-state index contributed by atoms with van der Waals surface area (Å²) in [5, 5.41) is 2.62. The van der Waals surface area contributed by atoms with Crippen molar-refractivity contribution in [3.63, 3.8) is 0 Å². The zero-order valence-electron chi connectivity index (χ0n) is 12.8. The van der Waals surface area contributed by atoms with E-state index in [2.05, 4.69) is 5.32 Å². The van der Waals surface area contributed by atoms with Crippen LogP contribution in [0.15, 0.2) is 18.2 Å². The number of nitrogens with one attached hydrogen (secondary N) is 1. The summed E-state index contributed by atoms with van der Waals surface area (Å²) in [6, 6.07) is 5.16. The normalized spacial score (nSPS) is 12.0. The molecule has 0 aliphatic rings. The Morgan fingerprint density at radius 1 is 1.38 bits per heavy atom. The topological polar surface area (TPSA) is 66.5 Å². The van der Waals surface area contributed by atoms with Crippen LogP contribution < -0.4 is 5.32 Å². The number of carbonyl (C=O) groups is 3. The Hall–Kier alpha value is -2.01. The van der Waals surface area contributed by atoms with E-state index >= 15 is 0 Å². The van der Waals surface area contributed by atoms with Gasteiger partial charge < -0.3 is 10.1 Å². The number of amides is 1. The second kappa shape index (κ2) is 8.32. The van der Waals surface area contributed by atoms with Crippen LogP contribution in [-0.4, -0.2) is 43.5 Å². The molecule has 1 N–H and O–H groups in total. The first-order chi connectivity index (χ1) is 10.0. The molecule has 1 atom stereocenters. The first-order valence-corrected chi connectivity index (χ1v) is 6.94. The molecule has 1 aromatic rings. The number of aldehydes is 2. The van der Waals surface area contributed by atoms with Crippen molar-refractivity contribution < 1.29 is 14.4 Å². The fourth-order valence-corrected chi connectivity index (χ4v) is 2.36. The molecule has 5 heteroatoms. The number of hydrogen-bond acceptors (Lipinski definition) is 4. The minimum Gasteiger partial charge on any atom is -0.358 e. The average molecular weight is 290 g/mol. The SMILES string of the molecule is CNC(=O)C(CCC=O)N(C)Cc1c(C)cccc1C=O. The van der Waals surface area contributed by atoms with Crippen LogP contribution in [0.25, 0.3) is 0 Å². The van der Waals surface area contributed by atoms with Crippen LogP contribution in [0.4, 0.5) is 0 Å². The fourth-order valence-electron chi connectivity index (χ4n) is 2.36. The van der Waals surface area contributed by atoms with E-state index in [4.69, 9.17) is 0 Å². The van der Waals surface area contributed by atoms with Gasteiger partial charge in [0.2, 0.25) is 5.91 Å². The molecule has 0 heterocycles. The predicted molar refractivity (Wildman–Crippen MR) is 81.2 cm³/mol. The maximum Gasteiger partial charge on any atom is 0.237 e. The Labute approximate surface area is 125 Å². The van der Waals surface area contributed by atoms with Crippen molar-refractivity contribution in [1.29, 1.82) is 0 Å². The van der Waals surface area contributed by atoms with E-state index in [0.717, 1.165) is 23.7 Å². The lowest BCUT2D eigenvalue weighted by atomic mass is 10.0. The standard InChI is InChI=1S/C16H22N2O3/c1-12-6-4-7-13(11-20)14(12)10-18(3)15(8-5-9-19)16(21)17-2/h4,6-7,9,11,15H,5,8,10H2,1-3H3,(H,17,21). The molecule has 1 rings (SSSR count). The molecule has 114 valence electrons. The smallest absolute Gasteiger partial charge is 0.237 e. The molecule has 0 aliphatic heterocycles. The summed E-state index contributed by atoms with van der Waals surface area (Å²) < 4.78 is 0. The Morgan fingerprint density at radius 3 is 2.67 bits per heavy atom. The van der Waals surface area contributed by atoms with Crippen LogP contribution in [0.3, 0.4) is 0 Å². The van der Waals surface area contributed by atoms with E-state index in [-0.39, 0.29) is 11.9 Å². The van der Waals surface area contributed by atoms with Crippen LogP contribution in [-0.2, 0) is 16.1 Å². The molecule has 0 aromatic heterocycles. The maximum absolute atomic E-state index is 12.0. The van der Waals surface area contributed by atoms with Gasteiger partial charge in [-0.25, -0.2) is 0 Å². The lowest BCUT2D eigenvalue weighted by Gasteiger charge is -2.27. The first kappa shape index (κ1) is 17.0. The summed E-state index contributed by atoms with van der Waals surface area (Å²) in [7, 11) is 3.40. The highest BCUT2D eigenvalue weighted by Crippen LogP contribution is 2.17. The third-order valence-electron chi connectivity index (χ3n) is 3.62. The van der Waals surface area contributed by atoms with Crippen molar-refractivity contribution in [3.05, 3.63) is 34.9 Å². The number of rotatable bonds is 8. The molecule has 0 fully saturated rings. The maximum atomic E-state index is 12.0. The van der Waals surface area contributed by atoms with Gasteiger partial charge in [0.15, 0.2) is 0 Å². The molecule has 0 radical (unpaired) electrons. The van der Waals surface area contributed by atoms with Gasteiger partial charge in [-0.1, -0.05) is 18.2 Å². The van der Waals surface area contributed by atoms with Gasteiger partial charge in [-0.05, 0) is 31.5 Å². The van der Waals surface area contributed by atoms with Gasteiger partial charge in [-0.15, -0.1) is 0 Å². The van der Waals surface area contributed by atoms with E-state index in [1.165, 1.54) is 0 Å². The molecule has 0 saturated carbocycles. The van der Waals surface area contributed by atoms with Crippen molar-refractivity contribution in [2.45, 2.75) is 32.4 Å². The van der Waals surface area contributed by atoms with Crippen molar-refractivity contribution in [2.75, 3.05) is 14.1 Å². The highest BCUT2D eigenvalue weighted by molar-refractivity contribution is 5.82. The lowest BCUT2D eigenvalue weighted by Crippen LogP contribution is -2.43. The number of aryl methyl sites for hydroxylation is 1. The Kier molecular flexibility index (Phi) is 6.75. The Bertz CT molecular complexity index is 514. The number of nitrogens with zero attached hydrogens (tertiary/aromatic N) is 1. The summed E-state index contributed by atoms with van der Waals surface area (Å²) in [6.07, 6.45) is 2.43. The molecule has 0 saturated heterocycles. The van der Waals surface area contributed by atoms with Crippen LogP contribution in [0, 0.1) is 6.92 Å². The number of benzene rings is 1. The van der Waals surface area contributed by atoms with Gasteiger partial charge >= 0.3 is 0 Å². The second-order valence-electron chi connectivity index (χ2n) is 5.05. The highest BCUT2D eigenvalue weighted by Gasteiger charge is 2.22. The quantitative estimate of drug-likeness (QED) is 0.734. The van der Waals surface area contributed by atoms with Crippen LogP contribution in [0.2, 0.25) is 0 Å². The average Bonchev–Trinajstić information content (AvgIpc) is 2.49. The van der Waals surface area contributed by atoms with Gasteiger partial charge in [0.05, 0.1) is 6.04 Å². The van der Waals surface area contributed by atoms with Crippen LogP contribution >= 0.6 is 0 Å². The van der Waals surface area contributed by atoms with Gasteiger partial charge in [-0.2, -0.15) is 0 Å². The van der Waals surface area contributed by atoms with E-state index in [1.807, 2.05) is 31.0 Å². The molecule has 0 bridgehead atoms. The minimum atomic E-state index is -0.390. The van der Waals surface area contributed by atoms with Gasteiger partial charge in [-0.3, -0.25) is 14.5 Å². The largest absolute Gasteiger partial charge is 0.358 e. The number of hydrogen-bond donors (Lipinski definition) is 1. The molecule has 0 spiro atoms. The van der Waals surface area contributed by atoms with E-state index in [9.17, 15) is 14.4 Å². The highest BCUT2D eigenvalue weighted by atomic mass is 16.2. The van der Waals surface area contributed by atoms with Gasteiger partial charge in [0, 0.05) is 25.6 Å². The van der Waals surface area contributed by atoms with Crippen molar-refractivity contribution in [1.82, 2.24) is 10.2 Å². The molecule has 1 amide bonds. The van der Waals surface area contributed by atoms with Crippen LogP contribution in [0.1, 0.15) is 34.3 Å². The lowest BCUT2D eigenvalue weighted by molar-refractivity contribution is -0.126. The third kappa shape index (κ3) is 4.49. The zero-order chi connectivity index (χ0) is 15.8. The molecule has 0 aliphatic carbocycles. The van der Waals surface area contributed by atoms with E-state index < -0.39 is 0 Å². The predicted octanol–water partition coefficient (Wildman–Crippen LogP) is 1.33. The third-order valence-corrected chi connectivity index (χ3v) is 3.62. The summed E-state index contributed by atoms with van der Waals surface area (Å²) >= 11 is 0.